The van der Waals surface area contributed by atoms with E-state index in [-0.39, 0.29) is 6.61 Å². The maximum Gasteiger partial charge on any atom is 0.471 e. The summed E-state index contributed by atoms with van der Waals surface area (Å²) in [6, 6.07) is -1.19. The monoisotopic (exact) mass is 229 g/mol. The van der Waals surface area contributed by atoms with Gasteiger partial charge < -0.3 is 15.2 Å². The van der Waals surface area contributed by atoms with Crippen molar-refractivity contribution in [2.24, 2.45) is 0 Å². The molecule has 5 nitrogen and oxygen atoms in total. The summed E-state index contributed by atoms with van der Waals surface area (Å²) >= 11 is 0. The number of nitrogens with one attached hydrogen (secondary N) is 1. The molecule has 0 radical (unpaired) electrons. The Bertz CT molecular complexity index is 241. The van der Waals surface area contributed by atoms with Gasteiger partial charge in [0.1, 0.15) is 0 Å². The molecule has 1 amide bonds. The first-order valence-corrected chi connectivity index (χ1v) is 3.85. The van der Waals surface area contributed by atoms with Gasteiger partial charge in [0.05, 0.1) is 19.1 Å². The van der Waals surface area contributed by atoms with Crippen LogP contribution in [0.15, 0.2) is 0 Å². The van der Waals surface area contributed by atoms with Crippen LogP contribution < -0.4 is 5.32 Å². The molecule has 0 saturated carbocycles. The molecule has 1 atom stereocenters. The molecular weight excluding hydrogens is 219 g/mol. The zero-order valence-electron chi connectivity index (χ0n) is 7.80. The SMILES string of the molecule is COC[C@@H](CC(=O)O)NC(=O)C(F)(F)F. The standard InChI is InChI=1S/C7H10F3NO4/c1-15-3-4(2-5(12)13)11-6(14)7(8,9)10/h4H,2-3H2,1H3,(H,11,14)(H,12,13)/t4-/m1/s1. The molecule has 0 aromatic heterocycles. The smallest absolute Gasteiger partial charge is 0.471 e. The quantitative estimate of drug-likeness (QED) is 0.703. The van der Waals surface area contributed by atoms with Gasteiger partial charge in [-0.2, -0.15) is 13.2 Å². The van der Waals surface area contributed by atoms with Gasteiger partial charge in [-0.3, -0.25) is 9.59 Å². The van der Waals surface area contributed by atoms with Crippen molar-refractivity contribution < 1.29 is 32.6 Å². The van der Waals surface area contributed by atoms with Crippen molar-refractivity contribution in [3.8, 4) is 0 Å². The average Bonchev–Trinajstić information content (AvgIpc) is 2.01. The molecule has 0 aliphatic heterocycles. The highest BCUT2D eigenvalue weighted by molar-refractivity contribution is 5.82. The number of halogens is 3. The zero-order valence-corrected chi connectivity index (χ0v) is 7.80. The van der Waals surface area contributed by atoms with Gasteiger partial charge >= 0.3 is 18.1 Å². The first-order valence-electron chi connectivity index (χ1n) is 3.85. The molecule has 2 N–H and O–H groups in total. The van der Waals surface area contributed by atoms with E-state index in [4.69, 9.17) is 5.11 Å². The molecule has 0 saturated heterocycles. The number of aliphatic carboxylic acids is 1. The van der Waals surface area contributed by atoms with Crippen molar-refractivity contribution in [3.05, 3.63) is 0 Å². The Labute approximate surface area is 83.2 Å². The van der Waals surface area contributed by atoms with Crippen LogP contribution >= 0.6 is 0 Å². The number of ether oxygens (including phenoxy) is 1. The van der Waals surface area contributed by atoms with E-state index in [1.165, 1.54) is 12.4 Å². The van der Waals surface area contributed by atoms with Gasteiger partial charge in [0.2, 0.25) is 0 Å². The maximum absolute atomic E-state index is 11.8. The predicted molar refractivity (Wildman–Crippen MR) is 42.1 cm³/mol. The molecule has 8 heteroatoms. The van der Waals surface area contributed by atoms with Crippen molar-refractivity contribution >= 4 is 11.9 Å². The predicted octanol–water partition coefficient (Wildman–Crippen LogP) is 0.155. The van der Waals surface area contributed by atoms with Crippen LogP contribution in [0.4, 0.5) is 13.2 Å². The summed E-state index contributed by atoms with van der Waals surface area (Å²) in [6.45, 7) is -0.298. The highest BCUT2D eigenvalue weighted by Crippen LogP contribution is 2.14. The maximum atomic E-state index is 11.8. The van der Waals surface area contributed by atoms with Crippen LogP contribution in [0.5, 0.6) is 0 Å². The molecule has 0 aromatic rings. The van der Waals surface area contributed by atoms with Gasteiger partial charge in [0.15, 0.2) is 0 Å². The number of rotatable bonds is 5. The number of carboxylic acid groups (broad SMARTS) is 1. The number of carbonyl (C=O) groups is 2. The first kappa shape index (κ1) is 13.7. The number of alkyl halides is 3. The topological polar surface area (TPSA) is 75.6 Å². The molecule has 0 heterocycles. The number of methoxy groups -OCH3 is 1. The summed E-state index contributed by atoms with van der Waals surface area (Å²) < 4.78 is 39.8. The van der Waals surface area contributed by atoms with Gasteiger partial charge in [-0.25, -0.2) is 0 Å². The molecule has 0 fully saturated rings. The zero-order chi connectivity index (χ0) is 12.1. The van der Waals surface area contributed by atoms with Crippen molar-refractivity contribution in [1.29, 1.82) is 0 Å². The van der Waals surface area contributed by atoms with E-state index in [0.29, 0.717) is 0 Å². The Balaban J connectivity index is 4.28. The molecule has 0 rings (SSSR count). The van der Waals surface area contributed by atoms with Crippen LogP contribution in [-0.4, -0.2) is 42.9 Å². The second-order valence-electron chi connectivity index (χ2n) is 2.72. The fraction of sp³-hybridized carbons (Fsp3) is 0.714. The second kappa shape index (κ2) is 5.54. The fourth-order valence-electron chi connectivity index (χ4n) is 0.831. The van der Waals surface area contributed by atoms with Crippen LogP contribution in [0.1, 0.15) is 6.42 Å². The van der Waals surface area contributed by atoms with Gasteiger partial charge in [-0.05, 0) is 0 Å². The molecule has 88 valence electrons. The average molecular weight is 229 g/mol. The van der Waals surface area contributed by atoms with Crippen LogP contribution in [0.25, 0.3) is 0 Å². The molecule has 0 spiro atoms. The van der Waals surface area contributed by atoms with E-state index in [9.17, 15) is 22.8 Å². The normalized spacial score (nSPS) is 13.3. The molecule has 15 heavy (non-hydrogen) atoms. The van der Waals surface area contributed by atoms with Gasteiger partial charge in [-0.15, -0.1) is 0 Å². The summed E-state index contributed by atoms with van der Waals surface area (Å²) in [5, 5.41) is 9.86. The summed E-state index contributed by atoms with van der Waals surface area (Å²) in [4.78, 5) is 20.7. The van der Waals surface area contributed by atoms with E-state index >= 15 is 0 Å². The van der Waals surface area contributed by atoms with Gasteiger partial charge in [0, 0.05) is 7.11 Å². The molecule has 0 aromatic carbocycles. The van der Waals surface area contributed by atoms with E-state index in [1.807, 2.05) is 0 Å². The number of hydrogen-bond donors (Lipinski definition) is 2. The third-order valence-corrected chi connectivity index (χ3v) is 1.38. The third kappa shape index (κ3) is 5.89. The molecular formula is C7H10F3NO4. The highest BCUT2D eigenvalue weighted by atomic mass is 19.4. The lowest BCUT2D eigenvalue weighted by atomic mass is 10.2. The molecule has 0 bridgehead atoms. The highest BCUT2D eigenvalue weighted by Gasteiger charge is 2.39. The number of hydrogen-bond acceptors (Lipinski definition) is 3. The minimum atomic E-state index is -5.02. The lowest BCUT2D eigenvalue weighted by Crippen LogP contribution is -2.45. The fourth-order valence-corrected chi connectivity index (χ4v) is 0.831. The van der Waals surface area contributed by atoms with Crippen molar-refractivity contribution in [2.75, 3.05) is 13.7 Å². The second-order valence-corrected chi connectivity index (χ2v) is 2.72. The Hall–Kier alpha value is -1.31. The summed E-state index contributed by atoms with van der Waals surface area (Å²) in [7, 11) is 1.19. The van der Waals surface area contributed by atoms with E-state index < -0.39 is 30.5 Å². The third-order valence-electron chi connectivity index (χ3n) is 1.38. The molecule has 0 unspecified atom stereocenters. The van der Waals surface area contributed by atoms with Crippen LogP contribution in [-0.2, 0) is 14.3 Å². The van der Waals surface area contributed by atoms with Crippen molar-refractivity contribution in [3.63, 3.8) is 0 Å². The van der Waals surface area contributed by atoms with E-state index in [0.717, 1.165) is 0 Å². The summed E-state index contributed by atoms with van der Waals surface area (Å²) in [5.41, 5.74) is 0. The number of amides is 1. The minimum absolute atomic E-state index is 0.298. The van der Waals surface area contributed by atoms with Crippen LogP contribution in [0, 0.1) is 0 Å². The van der Waals surface area contributed by atoms with E-state index in [1.54, 1.807) is 0 Å². The minimum Gasteiger partial charge on any atom is -0.481 e. The lowest BCUT2D eigenvalue weighted by Gasteiger charge is -2.16. The van der Waals surface area contributed by atoms with Crippen LogP contribution in [0.2, 0.25) is 0 Å². The lowest BCUT2D eigenvalue weighted by molar-refractivity contribution is -0.175. The number of carbonyl (C=O) groups excluding carboxylic acids is 1. The summed E-state index contributed by atoms with van der Waals surface area (Å²) in [6.07, 6.45) is -5.65. The van der Waals surface area contributed by atoms with Crippen molar-refractivity contribution in [2.45, 2.75) is 18.6 Å². The van der Waals surface area contributed by atoms with Crippen LogP contribution in [0.3, 0.4) is 0 Å². The largest absolute Gasteiger partial charge is 0.481 e. The Morgan fingerprint density at radius 2 is 2.00 bits per heavy atom. The first-order chi connectivity index (χ1) is 6.77. The summed E-state index contributed by atoms with van der Waals surface area (Å²) in [5.74, 6) is -3.50. The van der Waals surface area contributed by atoms with Gasteiger partial charge in [0.25, 0.3) is 0 Å². The molecule has 0 aliphatic rings. The van der Waals surface area contributed by atoms with E-state index in [2.05, 4.69) is 4.74 Å². The molecule has 0 aliphatic carbocycles. The van der Waals surface area contributed by atoms with Gasteiger partial charge in [-0.1, -0.05) is 0 Å². The number of carboxylic acids is 1. The Morgan fingerprint density at radius 3 is 2.33 bits per heavy atom. The van der Waals surface area contributed by atoms with Crippen molar-refractivity contribution in [1.82, 2.24) is 5.32 Å². The Kier molecular flexibility index (Phi) is 5.06. The Morgan fingerprint density at radius 1 is 1.47 bits per heavy atom.